The van der Waals surface area contributed by atoms with Gasteiger partial charge in [0.25, 0.3) is 5.91 Å². The maximum atomic E-state index is 11.9. The first-order valence-electron chi connectivity index (χ1n) is 8.04. The monoisotopic (exact) mass is 472 g/mol. The third kappa shape index (κ3) is 4.67. The lowest BCUT2D eigenvalue weighted by atomic mass is 10.1. The molecule has 0 spiro atoms. The first kappa shape index (κ1) is 21.5. The molecule has 0 saturated heterocycles. The minimum Gasteiger partial charge on any atom is -0.465 e. The van der Waals surface area contributed by atoms with Gasteiger partial charge in [-0.25, -0.2) is 4.79 Å². The third-order valence-corrected chi connectivity index (χ3v) is 4.98. The van der Waals surface area contributed by atoms with Crippen molar-refractivity contribution in [1.29, 1.82) is 0 Å². The number of methoxy groups -OCH3 is 1. The molecule has 0 unspecified atom stereocenters. The number of rotatable bonds is 5. The van der Waals surface area contributed by atoms with E-state index >= 15 is 0 Å². The fourth-order valence-corrected chi connectivity index (χ4v) is 3.28. The molecule has 0 saturated carbocycles. The van der Waals surface area contributed by atoms with Crippen molar-refractivity contribution >= 4 is 64.0 Å². The number of esters is 1. The van der Waals surface area contributed by atoms with Gasteiger partial charge in [-0.3, -0.25) is 4.79 Å². The van der Waals surface area contributed by atoms with E-state index in [1.54, 1.807) is 30.3 Å². The molecule has 0 aliphatic rings. The molecule has 1 N–H and O–H groups in total. The van der Waals surface area contributed by atoms with Gasteiger partial charge in [-0.05, 0) is 24.3 Å². The number of nitrogens with one attached hydrogen (secondary N) is 1. The van der Waals surface area contributed by atoms with Gasteiger partial charge >= 0.3 is 5.97 Å². The van der Waals surface area contributed by atoms with Gasteiger partial charge in [-0.1, -0.05) is 63.7 Å². The van der Waals surface area contributed by atoms with Crippen LogP contribution in [0.25, 0.3) is 22.6 Å². The second-order valence-corrected chi connectivity index (χ2v) is 7.60. The standard InChI is InChI=1S/C19H12Cl4N2O4/c1-28-19(27)11-5-6-12(20)15(16(11)21)13-8-14(29-25-13)9-3-2-4-10(7-9)24-18(26)17(22)23/h2-8,17H,1H3,(H,24,26). The smallest absolute Gasteiger partial charge is 0.339 e. The van der Waals surface area contributed by atoms with E-state index in [9.17, 15) is 9.59 Å². The van der Waals surface area contributed by atoms with Crippen molar-refractivity contribution in [1.82, 2.24) is 5.16 Å². The summed E-state index contributed by atoms with van der Waals surface area (Å²) in [5.41, 5.74) is 1.92. The highest BCUT2D eigenvalue weighted by molar-refractivity contribution is 6.54. The topological polar surface area (TPSA) is 81.4 Å². The number of hydrogen-bond acceptors (Lipinski definition) is 5. The maximum absolute atomic E-state index is 11.9. The van der Waals surface area contributed by atoms with Gasteiger partial charge < -0.3 is 14.6 Å². The number of aromatic nitrogens is 1. The maximum Gasteiger partial charge on any atom is 0.339 e. The highest BCUT2D eigenvalue weighted by Gasteiger charge is 2.21. The highest BCUT2D eigenvalue weighted by atomic mass is 35.5. The van der Waals surface area contributed by atoms with Crippen molar-refractivity contribution in [2.45, 2.75) is 4.84 Å². The summed E-state index contributed by atoms with van der Waals surface area (Å²) >= 11 is 23.7. The van der Waals surface area contributed by atoms with Crippen LogP contribution in [0.2, 0.25) is 10.0 Å². The molecule has 1 amide bonds. The number of anilines is 1. The Balaban J connectivity index is 1.97. The molecule has 1 aromatic heterocycles. The van der Waals surface area contributed by atoms with Gasteiger partial charge in [-0.15, -0.1) is 0 Å². The molecule has 0 atom stereocenters. The Morgan fingerprint density at radius 2 is 1.90 bits per heavy atom. The summed E-state index contributed by atoms with van der Waals surface area (Å²) in [6.07, 6.45) is 0. The number of ether oxygens (including phenoxy) is 1. The van der Waals surface area contributed by atoms with E-state index in [-0.39, 0.29) is 10.6 Å². The van der Waals surface area contributed by atoms with Gasteiger partial charge in [-0.2, -0.15) is 0 Å². The van der Waals surface area contributed by atoms with Crippen molar-refractivity contribution in [2.75, 3.05) is 12.4 Å². The molecule has 0 aliphatic heterocycles. The van der Waals surface area contributed by atoms with Crippen molar-refractivity contribution < 1.29 is 18.8 Å². The fraction of sp³-hybridized carbons (Fsp3) is 0.105. The average Bonchev–Trinajstić information content (AvgIpc) is 3.17. The largest absolute Gasteiger partial charge is 0.465 e. The SMILES string of the molecule is COC(=O)c1ccc(Cl)c(-c2cc(-c3cccc(NC(=O)C(Cl)Cl)c3)on2)c1Cl. The van der Waals surface area contributed by atoms with E-state index in [1.807, 2.05) is 0 Å². The Kier molecular flexibility index (Phi) is 6.70. The molecular weight excluding hydrogens is 462 g/mol. The lowest BCUT2D eigenvalue weighted by Gasteiger charge is -2.08. The predicted octanol–water partition coefficient (Wildman–Crippen LogP) is 5.84. The molecule has 1 heterocycles. The molecule has 0 bridgehead atoms. The predicted molar refractivity (Wildman–Crippen MR) is 113 cm³/mol. The number of halogens is 4. The van der Waals surface area contributed by atoms with E-state index in [0.29, 0.717) is 33.3 Å². The lowest BCUT2D eigenvalue weighted by molar-refractivity contribution is -0.114. The van der Waals surface area contributed by atoms with E-state index in [2.05, 4.69) is 10.5 Å². The molecule has 3 aromatic rings. The number of amides is 1. The summed E-state index contributed by atoms with van der Waals surface area (Å²) < 4.78 is 10.1. The molecule has 10 heteroatoms. The van der Waals surface area contributed by atoms with E-state index in [4.69, 9.17) is 55.7 Å². The van der Waals surface area contributed by atoms with Crippen LogP contribution in [0.1, 0.15) is 10.4 Å². The summed E-state index contributed by atoms with van der Waals surface area (Å²) in [4.78, 5) is 22.3. The molecule has 6 nitrogen and oxygen atoms in total. The van der Waals surface area contributed by atoms with Crippen LogP contribution in [0.4, 0.5) is 5.69 Å². The van der Waals surface area contributed by atoms with Crippen LogP contribution in [0.5, 0.6) is 0 Å². The van der Waals surface area contributed by atoms with Crippen LogP contribution in [0, 0.1) is 0 Å². The number of carbonyl (C=O) groups is 2. The van der Waals surface area contributed by atoms with Crippen molar-refractivity contribution in [3.05, 3.63) is 58.1 Å². The van der Waals surface area contributed by atoms with Crippen LogP contribution in [-0.2, 0) is 9.53 Å². The van der Waals surface area contributed by atoms with Gasteiger partial charge in [0, 0.05) is 22.9 Å². The highest BCUT2D eigenvalue weighted by Crippen LogP contribution is 2.38. The first-order valence-corrected chi connectivity index (χ1v) is 9.67. The third-order valence-electron chi connectivity index (χ3n) is 3.88. The Hall–Kier alpha value is -2.25. The zero-order chi connectivity index (χ0) is 21.1. The number of alkyl halides is 2. The molecule has 29 heavy (non-hydrogen) atoms. The number of benzene rings is 2. The van der Waals surface area contributed by atoms with Gasteiger partial charge in [0.1, 0.15) is 5.69 Å². The van der Waals surface area contributed by atoms with Crippen LogP contribution in [0.15, 0.2) is 47.0 Å². The number of carbonyl (C=O) groups excluding carboxylic acids is 2. The van der Waals surface area contributed by atoms with Crippen LogP contribution in [-0.4, -0.2) is 29.0 Å². The van der Waals surface area contributed by atoms with Gasteiger partial charge in [0.05, 0.1) is 22.7 Å². The second-order valence-electron chi connectivity index (χ2n) is 5.72. The minimum absolute atomic E-state index is 0.0977. The van der Waals surface area contributed by atoms with Gasteiger partial charge in [0.2, 0.25) is 0 Å². The Morgan fingerprint density at radius 1 is 1.14 bits per heavy atom. The summed E-state index contributed by atoms with van der Waals surface area (Å²) in [5.74, 6) is -0.765. The number of hydrogen-bond donors (Lipinski definition) is 1. The lowest BCUT2D eigenvalue weighted by Crippen LogP contribution is -2.18. The number of nitrogens with zero attached hydrogens (tertiary/aromatic N) is 1. The van der Waals surface area contributed by atoms with Crippen molar-refractivity contribution in [3.8, 4) is 22.6 Å². The first-order chi connectivity index (χ1) is 13.8. The molecule has 0 aliphatic carbocycles. The van der Waals surface area contributed by atoms with Crippen LogP contribution >= 0.6 is 46.4 Å². The molecule has 2 aromatic carbocycles. The van der Waals surface area contributed by atoms with Crippen molar-refractivity contribution in [3.63, 3.8) is 0 Å². The van der Waals surface area contributed by atoms with E-state index in [1.165, 1.54) is 19.2 Å². The Labute approximate surface area is 185 Å². The van der Waals surface area contributed by atoms with Crippen molar-refractivity contribution in [2.24, 2.45) is 0 Å². The summed E-state index contributed by atoms with van der Waals surface area (Å²) in [7, 11) is 1.25. The molecular formula is C19H12Cl4N2O4. The molecule has 150 valence electrons. The normalized spacial score (nSPS) is 10.8. The zero-order valence-corrected chi connectivity index (χ0v) is 17.7. The van der Waals surface area contributed by atoms with E-state index < -0.39 is 16.7 Å². The summed E-state index contributed by atoms with van der Waals surface area (Å²) in [5, 5.41) is 6.97. The molecule has 3 rings (SSSR count). The van der Waals surface area contributed by atoms with Crippen LogP contribution < -0.4 is 5.32 Å². The van der Waals surface area contributed by atoms with E-state index in [0.717, 1.165) is 0 Å². The summed E-state index contributed by atoms with van der Waals surface area (Å²) in [6.45, 7) is 0. The zero-order valence-electron chi connectivity index (χ0n) is 14.7. The Morgan fingerprint density at radius 3 is 2.59 bits per heavy atom. The second kappa shape index (κ2) is 9.05. The Bertz CT molecular complexity index is 1080. The molecule has 0 fully saturated rings. The fourth-order valence-electron chi connectivity index (χ4n) is 2.53. The average molecular weight is 474 g/mol. The summed E-state index contributed by atoms with van der Waals surface area (Å²) in [6, 6.07) is 11.4. The quantitative estimate of drug-likeness (QED) is 0.371. The van der Waals surface area contributed by atoms with Gasteiger partial charge in [0.15, 0.2) is 10.6 Å². The van der Waals surface area contributed by atoms with Crippen LogP contribution in [0.3, 0.4) is 0 Å². The minimum atomic E-state index is -1.19. The molecule has 0 radical (unpaired) electrons.